The van der Waals surface area contributed by atoms with Crippen molar-refractivity contribution >= 4 is 12.4 Å². The molecule has 0 bridgehead atoms. The van der Waals surface area contributed by atoms with E-state index in [2.05, 4.69) is 63.8 Å². The lowest BCUT2D eigenvalue weighted by Crippen LogP contribution is -2.33. The van der Waals surface area contributed by atoms with Crippen molar-refractivity contribution in [3.05, 3.63) is 35.4 Å². The molecule has 1 saturated carbocycles. The summed E-state index contributed by atoms with van der Waals surface area (Å²) in [5.41, 5.74) is 4.26. The molecule has 1 saturated heterocycles. The molecule has 1 atom stereocenters. The van der Waals surface area contributed by atoms with E-state index in [0.29, 0.717) is 10.8 Å². The van der Waals surface area contributed by atoms with Crippen molar-refractivity contribution in [2.75, 3.05) is 19.6 Å². The summed E-state index contributed by atoms with van der Waals surface area (Å²) in [6.45, 7) is 16.1. The van der Waals surface area contributed by atoms with E-state index in [1.54, 1.807) is 11.1 Å². The van der Waals surface area contributed by atoms with Crippen molar-refractivity contribution in [1.29, 1.82) is 0 Å². The van der Waals surface area contributed by atoms with E-state index in [9.17, 15) is 0 Å². The highest BCUT2D eigenvalue weighted by atomic mass is 35.5. The maximum atomic E-state index is 2.69. The highest BCUT2D eigenvalue weighted by Crippen LogP contribution is 2.52. The number of hydrogen-bond donors (Lipinski definition) is 0. The fourth-order valence-corrected chi connectivity index (χ4v) is 5.99. The highest BCUT2D eigenvalue weighted by molar-refractivity contribution is 5.85. The maximum Gasteiger partial charge on any atom is 0.00509 e. The third kappa shape index (κ3) is 5.26. The number of benzene rings is 1. The van der Waals surface area contributed by atoms with Crippen LogP contribution < -0.4 is 0 Å². The van der Waals surface area contributed by atoms with E-state index in [1.165, 1.54) is 58.2 Å². The first kappa shape index (κ1) is 21.8. The van der Waals surface area contributed by atoms with Gasteiger partial charge in [-0.1, -0.05) is 65.3 Å². The highest BCUT2D eigenvalue weighted by Gasteiger charge is 2.40. The second kappa shape index (κ2) is 8.65. The summed E-state index contributed by atoms with van der Waals surface area (Å²) in [5, 5.41) is 0. The molecule has 0 aromatic heterocycles. The van der Waals surface area contributed by atoms with Crippen LogP contribution in [0.3, 0.4) is 0 Å². The van der Waals surface area contributed by atoms with Gasteiger partial charge < -0.3 is 4.90 Å². The predicted molar refractivity (Wildman–Crippen MR) is 117 cm³/mol. The first-order valence-corrected chi connectivity index (χ1v) is 10.6. The van der Waals surface area contributed by atoms with Crippen LogP contribution in [-0.2, 0) is 0 Å². The molecule has 2 heteroatoms. The summed E-state index contributed by atoms with van der Waals surface area (Å²) < 4.78 is 0. The molecule has 1 aromatic rings. The predicted octanol–water partition coefficient (Wildman–Crippen LogP) is 7.02. The monoisotopic (exact) mass is 377 g/mol. The number of hydrogen-bond acceptors (Lipinski definition) is 1. The van der Waals surface area contributed by atoms with Crippen LogP contribution in [0.15, 0.2) is 24.3 Å². The molecule has 1 aliphatic carbocycles. The van der Waals surface area contributed by atoms with Gasteiger partial charge in [0.1, 0.15) is 0 Å². The minimum atomic E-state index is 0. The minimum absolute atomic E-state index is 0. The molecule has 2 aliphatic rings. The third-order valence-corrected chi connectivity index (χ3v) is 6.53. The van der Waals surface area contributed by atoms with Gasteiger partial charge in [-0.2, -0.15) is 0 Å². The summed E-state index contributed by atoms with van der Waals surface area (Å²) >= 11 is 0. The Hall–Kier alpha value is -0.530. The van der Waals surface area contributed by atoms with Crippen LogP contribution in [0.25, 0.3) is 0 Å². The molecular formula is C24H40ClN. The van der Waals surface area contributed by atoms with E-state index >= 15 is 0 Å². The van der Waals surface area contributed by atoms with E-state index in [-0.39, 0.29) is 12.4 Å². The van der Waals surface area contributed by atoms with Crippen LogP contribution in [-0.4, -0.2) is 24.5 Å². The number of halogens is 1. The molecule has 1 aromatic carbocycles. The fourth-order valence-electron chi connectivity index (χ4n) is 5.99. The van der Waals surface area contributed by atoms with Crippen molar-refractivity contribution in [2.24, 2.45) is 10.8 Å². The van der Waals surface area contributed by atoms with Gasteiger partial charge in [0.05, 0.1) is 0 Å². The normalized spacial score (nSPS) is 25.8. The number of nitrogens with zero attached hydrogens (tertiary/aromatic N) is 1. The smallest absolute Gasteiger partial charge is 0.00509 e. The topological polar surface area (TPSA) is 3.24 Å². The number of rotatable bonds is 5. The fraction of sp³-hybridized carbons (Fsp3) is 0.750. The lowest BCUT2D eigenvalue weighted by Gasteiger charge is -2.45. The Kier molecular flexibility index (Phi) is 7.24. The van der Waals surface area contributed by atoms with Crippen molar-refractivity contribution in [3.63, 3.8) is 0 Å². The molecule has 1 nitrogen and oxygen atoms in total. The zero-order valence-corrected chi connectivity index (χ0v) is 18.5. The summed E-state index contributed by atoms with van der Waals surface area (Å²) in [7, 11) is 0. The van der Waals surface area contributed by atoms with Gasteiger partial charge >= 0.3 is 0 Å². The molecule has 2 fully saturated rings. The van der Waals surface area contributed by atoms with Crippen molar-refractivity contribution in [2.45, 2.75) is 85.0 Å². The SMILES string of the molecule is CCCCN1CCC(c2ccccc2C2CC(C)(C)CC(C)(C)C2)C1.Cl. The molecule has 3 rings (SSSR count). The second-order valence-corrected chi connectivity index (χ2v) is 10.4. The Morgan fingerprint density at radius 2 is 1.54 bits per heavy atom. The van der Waals surface area contributed by atoms with E-state index in [4.69, 9.17) is 0 Å². The Morgan fingerprint density at radius 3 is 2.12 bits per heavy atom. The van der Waals surface area contributed by atoms with Crippen LogP contribution in [0, 0.1) is 10.8 Å². The van der Waals surface area contributed by atoms with Gasteiger partial charge in [-0.3, -0.25) is 0 Å². The van der Waals surface area contributed by atoms with Gasteiger partial charge in [-0.25, -0.2) is 0 Å². The lowest BCUT2D eigenvalue weighted by atomic mass is 9.59. The molecule has 26 heavy (non-hydrogen) atoms. The molecule has 0 spiro atoms. The standard InChI is InChI=1S/C24H39N.ClH/c1-6-7-13-25-14-12-19(17-25)21-10-8-9-11-22(21)20-15-23(2,3)18-24(4,5)16-20;/h8-11,19-20H,6-7,12-18H2,1-5H3;1H. The summed E-state index contributed by atoms with van der Waals surface area (Å²) in [6, 6.07) is 9.44. The van der Waals surface area contributed by atoms with E-state index < -0.39 is 0 Å². The lowest BCUT2D eigenvalue weighted by molar-refractivity contribution is 0.0965. The van der Waals surface area contributed by atoms with Gasteiger partial charge in [0.2, 0.25) is 0 Å². The first-order chi connectivity index (χ1) is 11.8. The minimum Gasteiger partial charge on any atom is -0.303 e. The van der Waals surface area contributed by atoms with Crippen LogP contribution in [0.2, 0.25) is 0 Å². The Balaban J connectivity index is 0.00000243. The maximum absolute atomic E-state index is 2.69. The van der Waals surface area contributed by atoms with Gasteiger partial charge in [-0.05, 0) is 79.0 Å². The molecule has 0 N–H and O–H groups in total. The summed E-state index contributed by atoms with van der Waals surface area (Å²) in [5.74, 6) is 1.49. The molecule has 0 amide bonds. The number of unbranched alkanes of at least 4 members (excludes halogenated alkanes) is 1. The van der Waals surface area contributed by atoms with Crippen LogP contribution >= 0.6 is 12.4 Å². The second-order valence-electron chi connectivity index (χ2n) is 10.4. The Morgan fingerprint density at radius 1 is 0.962 bits per heavy atom. The Labute approximate surface area is 168 Å². The number of likely N-dealkylation sites (tertiary alicyclic amines) is 1. The van der Waals surface area contributed by atoms with Gasteiger partial charge in [-0.15, -0.1) is 12.4 Å². The van der Waals surface area contributed by atoms with Gasteiger partial charge in [0.25, 0.3) is 0 Å². The van der Waals surface area contributed by atoms with Gasteiger partial charge in [0, 0.05) is 6.54 Å². The van der Waals surface area contributed by atoms with Crippen molar-refractivity contribution in [3.8, 4) is 0 Å². The largest absolute Gasteiger partial charge is 0.303 e. The van der Waals surface area contributed by atoms with Crippen LogP contribution in [0.1, 0.15) is 96.1 Å². The van der Waals surface area contributed by atoms with E-state index in [0.717, 1.165) is 11.8 Å². The molecule has 0 radical (unpaired) electrons. The summed E-state index contributed by atoms with van der Waals surface area (Å²) in [6.07, 6.45) is 8.05. The molecule has 1 heterocycles. The van der Waals surface area contributed by atoms with E-state index in [1.807, 2.05) is 0 Å². The quantitative estimate of drug-likeness (QED) is 0.532. The zero-order chi connectivity index (χ0) is 18.1. The third-order valence-electron chi connectivity index (χ3n) is 6.53. The molecule has 1 aliphatic heterocycles. The summed E-state index contributed by atoms with van der Waals surface area (Å²) in [4.78, 5) is 2.69. The molecular weight excluding hydrogens is 338 g/mol. The van der Waals surface area contributed by atoms with Crippen LogP contribution in [0.5, 0.6) is 0 Å². The average Bonchev–Trinajstić information content (AvgIpc) is 2.98. The van der Waals surface area contributed by atoms with Crippen LogP contribution in [0.4, 0.5) is 0 Å². The molecule has 148 valence electrons. The van der Waals surface area contributed by atoms with Crippen molar-refractivity contribution in [1.82, 2.24) is 4.90 Å². The average molecular weight is 378 g/mol. The Bertz CT molecular complexity index is 561. The first-order valence-electron chi connectivity index (χ1n) is 10.6. The van der Waals surface area contributed by atoms with Crippen molar-refractivity contribution < 1.29 is 0 Å². The zero-order valence-electron chi connectivity index (χ0n) is 17.7. The molecule has 1 unspecified atom stereocenters. The van der Waals surface area contributed by atoms with Gasteiger partial charge in [0.15, 0.2) is 0 Å².